The fourth-order valence-corrected chi connectivity index (χ4v) is 2.48. The van der Waals surface area contributed by atoms with E-state index in [2.05, 4.69) is 10.6 Å². The average Bonchev–Trinajstić information content (AvgIpc) is 2.65. The van der Waals surface area contributed by atoms with E-state index in [9.17, 15) is 9.59 Å². The Morgan fingerprint density at radius 2 is 1.73 bits per heavy atom. The summed E-state index contributed by atoms with van der Waals surface area (Å²) in [5, 5.41) is 5.73. The van der Waals surface area contributed by atoms with Gasteiger partial charge in [0.15, 0.2) is 0 Å². The van der Waals surface area contributed by atoms with Crippen molar-refractivity contribution < 1.29 is 14.3 Å². The first-order chi connectivity index (χ1) is 12.6. The molecular formula is C21H26N2O3. The molecule has 0 bridgehead atoms. The number of ether oxygens (including phenoxy) is 1. The Morgan fingerprint density at radius 1 is 1.00 bits per heavy atom. The molecule has 0 unspecified atom stereocenters. The Morgan fingerprint density at radius 3 is 2.46 bits per heavy atom. The van der Waals surface area contributed by atoms with Crippen LogP contribution >= 0.6 is 0 Å². The number of amides is 2. The van der Waals surface area contributed by atoms with Gasteiger partial charge < -0.3 is 15.4 Å². The molecule has 26 heavy (non-hydrogen) atoms. The van der Waals surface area contributed by atoms with Crippen LogP contribution in [0.3, 0.4) is 0 Å². The molecule has 2 aromatic rings. The second kappa shape index (κ2) is 10.2. The lowest BCUT2D eigenvalue weighted by Gasteiger charge is -2.10. The van der Waals surface area contributed by atoms with Crippen molar-refractivity contribution in [1.29, 1.82) is 0 Å². The van der Waals surface area contributed by atoms with E-state index in [0.29, 0.717) is 43.9 Å². The van der Waals surface area contributed by atoms with Gasteiger partial charge in [0.25, 0.3) is 5.91 Å². The van der Waals surface area contributed by atoms with Crippen LogP contribution in [-0.2, 0) is 11.3 Å². The molecule has 0 aliphatic heterocycles. The molecule has 5 nitrogen and oxygen atoms in total. The van der Waals surface area contributed by atoms with Crippen molar-refractivity contribution in [3.63, 3.8) is 0 Å². The Kier molecular flexibility index (Phi) is 7.68. The number of nitrogens with one attached hydrogen (secondary N) is 2. The summed E-state index contributed by atoms with van der Waals surface area (Å²) in [6.45, 7) is 5.38. The molecule has 0 radical (unpaired) electrons. The molecular weight excluding hydrogens is 328 g/mol. The van der Waals surface area contributed by atoms with E-state index in [0.717, 1.165) is 5.56 Å². The van der Waals surface area contributed by atoms with E-state index in [1.54, 1.807) is 18.2 Å². The van der Waals surface area contributed by atoms with Crippen molar-refractivity contribution >= 4 is 11.8 Å². The maximum Gasteiger partial charge on any atom is 0.255 e. The number of rotatable bonds is 9. The lowest BCUT2D eigenvalue weighted by molar-refractivity contribution is -0.121. The monoisotopic (exact) mass is 354 g/mol. The van der Waals surface area contributed by atoms with E-state index in [4.69, 9.17) is 4.74 Å². The number of aryl methyl sites for hydroxylation is 1. The normalized spacial score (nSPS) is 10.2. The molecule has 138 valence electrons. The lowest BCUT2D eigenvalue weighted by Crippen LogP contribution is -2.27. The van der Waals surface area contributed by atoms with Crippen molar-refractivity contribution in [1.82, 2.24) is 10.6 Å². The molecule has 2 rings (SSSR count). The molecule has 0 aliphatic rings. The molecule has 5 heteroatoms. The smallest absolute Gasteiger partial charge is 0.255 e. The van der Waals surface area contributed by atoms with E-state index >= 15 is 0 Å². The molecule has 0 atom stereocenters. The fourth-order valence-electron chi connectivity index (χ4n) is 2.48. The number of hydrogen-bond acceptors (Lipinski definition) is 3. The second-order valence-electron chi connectivity index (χ2n) is 6.05. The van der Waals surface area contributed by atoms with Gasteiger partial charge in [0.05, 0.1) is 12.2 Å². The predicted molar refractivity (Wildman–Crippen MR) is 102 cm³/mol. The molecule has 0 aromatic heterocycles. The second-order valence-corrected chi connectivity index (χ2v) is 6.05. The summed E-state index contributed by atoms with van der Waals surface area (Å²) in [6, 6.07) is 15.2. The van der Waals surface area contributed by atoms with Crippen molar-refractivity contribution in [2.24, 2.45) is 0 Å². The van der Waals surface area contributed by atoms with Crippen LogP contribution in [0.2, 0.25) is 0 Å². The van der Waals surface area contributed by atoms with Gasteiger partial charge in [-0.25, -0.2) is 0 Å². The molecule has 2 N–H and O–H groups in total. The molecule has 0 saturated heterocycles. The minimum atomic E-state index is -0.186. The highest BCUT2D eigenvalue weighted by atomic mass is 16.5. The Hall–Kier alpha value is -2.82. The van der Waals surface area contributed by atoms with Gasteiger partial charge in [-0.15, -0.1) is 0 Å². The van der Waals surface area contributed by atoms with Gasteiger partial charge in [0.1, 0.15) is 5.75 Å². The summed E-state index contributed by atoms with van der Waals surface area (Å²) in [4.78, 5) is 24.1. The van der Waals surface area contributed by atoms with Crippen molar-refractivity contribution in [3.8, 4) is 5.75 Å². The third kappa shape index (κ3) is 6.24. The Labute approximate surface area is 154 Å². The van der Waals surface area contributed by atoms with Crippen LogP contribution in [-0.4, -0.2) is 25.0 Å². The minimum Gasteiger partial charge on any atom is -0.493 e. The zero-order chi connectivity index (χ0) is 18.8. The number of carbonyl (C=O) groups excluding carboxylic acids is 2. The quantitative estimate of drug-likeness (QED) is 0.680. The topological polar surface area (TPSA) is 67.4 Å². The summed E-state index contributed by atoms with van der Waals surface area (Å²) in [6.07, 6.45) is 0.960. The maximum atomic E-state index is 12.2. The van der Waals surface area contributed by atoms with Gasteiger partial charge in [0.2, 0.25) is 5.91 Å². The molecule has 0 aliphatic carbocycles. The first kappa shape index (κ1) is 19.5. The maximum absolute atomic E-state index is 12.2. The van der Waals surface area contributed by atoms with Crippen LogP contribution in [0, 0.1) is 6.92 Å². The zero-order valence-corrected chi connectivity index (χ0v) is 15.4. The first-order valence-corrected chi connectivity index (χ1v) is 8.92. The SMILES string of the molecule is CCOc1ccccc1C(=O)NCCCC(=O)NCc1ccc(C)cc1. The minimum absolute atomic E-state index is 0.0189. The van der Waals surface area contributed by atoms with Gasteiger partial charge in [-0.3, -0.25) is 9.59 Å². The number of hydrogen-bond donors (Lipinski definition) is 2. The predicted octanol–water partition coefficient (Wildman–Crippen LogP) is 3.22. The van der Waals surface area contributed by atoms with Crippen LogP contribution in [0.1, 0.15) is 41.3 Å². The third-order valence-electron chi connectivity index (χ3n) is 3.91. The number of para-hydroxylation sites is 1. The fraction of sp³-hybridized carbons (Fsp3) is 0.333. The summed E-state index contributed by atoms with van der Waals surface area (Å²) in [7, 11) is 0. The van der Waals surface area contributed by atoms with E-state index < -0.39 is 0 Å². The van der Waals surface area contributed by atoms with Crippen molar-refractivity contribution in [2.75, 3.05) is 13.2 Å². The van der Waals surface area contributed by atoms with Crippen LogP contribution in [0.5, 0.6) is 5.75 Å². The summed E-state index contributed by atoms with van der Waals surface area (Å²) < 4.78 is 5.46. The highest BCUT2D eigenvalue weighted by Gasteiger charge is 2.11. The van der Waals surface area contributed by atoms with Crippen LogP contribution in [0.25, 0.3) is 0 Å². The van der Waals surface area contributed by atoms with E-state index in [1.807, 2.05) is 44.2 Å². The third-order valence-corrected chi connectivity index (χ3v) is 3.91. The first-order valence-electron chi connectivity index (χ1n) is 8.92. The van der Waals surface area contributed by atoms with Gasteiger partial charge in [-0.1, -0.05) is 42.0 Å². The largest absolute Gasteiger partial charge is 0.493 e. The summed E-state index contributed by atoms with van der Waals surface area (Å²) in [5.74, 6) is 0.368. The number of carbonyl (C=O) groups is 2. The molecule has 0 spiro atoms. The summed E-state index contributed by atoms with van der Waals surface area (Å²) >= 11 is 0. The van der Waals surface area contributed by atoms with Gasteiger partial charge >= 0.3 is 0 Å². The molecule has 0 saturated carbocycles. The Balaban J connectivity index is 1.68. The van der Waals surface area contributed by atoms with Crippen molar-refractivity contribution in [3.05, 3.63) is 65.2 Å². The van der Waals surface area contributed by atoms with Crippen molar-refractivity contribution in [2.45, 2.75) is 33.2 Å². The molecule has 0 fully saturated rings. The molecule has 2 aromatic carbocycles. The Bertz CT molecular complexity index is 726. The van der Waals surface area contributed by atoms with Crippen LogP contribution in [0.4, 0.5) is 0 Å². The lowest BCUT2D eigenvalue weighted by atomic mass is 10.1. The van der Waals surface area contributed by atoms with Gasteiger partial charge in [0, 0.05) is 19.5 Å². The highest BCUT2D eigenvalue weighted by molar-refractivity contribution is 5.96. The summed E-state index contributed by atoms with van der Waals surface area (Å²) in [5.41, 5.74) is 2.78. The van der Waals surface area contributed by atoms with Crippen LogP contribution in [0.15, 0.2) is 48.5 Å². The van der Waals surface area contributed by atoms with Gasteiger partial charge in [-0.05, 0) is 38.0 Å². The zero-order valence-electron chi connectivity index (χ0n) is 15.4. The van der Waals surface area contributed by atoms with Gasteiger partial charge in [-0.2, -0.15) is 0 Å². The average molecular weight is 354 g/mol. The van der Waals surface area contributed by atoms with E-state index in [-0.39, 0.29) is 11.8 Å². The molecule has 0 heterocycles. The highest BCUT2D eigenvalue weighted by Crippen LogP contribution is 2.17. The molecule has 2 amide bonds. The van der Waals surface area contributed by atoms with Crippen LogP contribution < -0.4 is 15.4 Å². The number of benzene rings is 2. The van der Waals surface area contributed by atoms with E-state index in [1.165, 1.54) is 5.56 Å². The standard InChI is InChI=1S/C21H26N2O3/c1-3-26-19-8-5-4-7-18(19)21(25)22-14-6-9-20(24)23-15-17-12-10-16(2)11-13-17/h4-5,7-8,10-13H,3,6,9,14-15H2,1-2H3,(H,22,25)(H,23,24).